The van der Waals surface area contributed by atoms with E-state index in [0.29, 0.717) is 10.9 Å². The van der Waals surface area contributed by atoms with E-state index in [4.69, 9.17) is 9.84 Å². The van der Waals surface area contributed by atoms with Gasteiger partial charge in [-0.25, -0.2) is 9.78 Å². The number of ether oxygens (including phenoxy) is 1. The first-order valence-corrected chi connectivity index (χ1v) is 10.2. The van der Waals surface area contributed by atoms with Crippen molar-refractivity contribution in [3.05, 3.63) is 29.5 Å². The highest BCUT2D eigenvalue weighted by Crippen LogP contribution is 2.34. The Kier molecular flexibility index (Phi) is 6.03. The monoisotopic (exact) mass is 407 g/mol. The summed E-state index contributed by atoms with van der Waals surface area (Å²) in [5.74, 6) is -0.884. The van der Waals surface area contributed by atoms with E-state index in [-0.39, 0.29) is 36.9 Å². The van der Waals surface area contributed by atoms with E-state index in [1.54, 1.807) is 23.1 Å². The molecule has 2 aromatic rings. The molecule has 0 fully saturated rings. The highest BCUT2D eigenvalue weighted by Gasteiger charge is 2.34. The lowest BCUT2D eigenvalue weighted by Gasteiger charge is -2.15. The first kappa shape index (κ1) is 19.7. The molecule has 1 amide bonds. The Morgan fingerprint density at radius 3 is 2.93 bits per heavy atom. The third-order valence-electron chi connectivity index (χ3n) is 3.93. The molecule has 0 radical (unpaired) electrons. The van der Waals surface area contributed by atoms with Crippen LogP contribution in [0.1, 0.15) is 13.8 Å². The number of aliphatic hydroxyl groups excluding tert-OH is 1. The second-order valence-corrected chi connectivity index (χ2v) is 9.10. The van der Waals surface area contributed by atoms with Crippen LogP contribution in [0.2, 0.25) is 0 Å². The van der Waals surface area contributed by atoms with Crippen LogP contribution in [0.15, 0.2) is 33.8 Å². The summed E-state index contributed by atoms with van der Waals surface area (Å²) in [4.78, 5) is 30.7. The molecule has 0 saturated heterocycles. The number of carbonyl (C=O) groups excluding carboxylic acids is 2. The summed E-state index contributed by atoms with van der Waals surface area (Å²) in [6.07, 6.45) is 0. The van der Waals surface area contributed by atoms with E-state index in [0.717, 1.165) is 14.6 Å². The first-order chi connectivity index (χ1) is 12.9. The van der Waals surface area contributed by atoms with Crippen LogP contribution < -0.4 is 5.32 Å². The van der Waals surface area contributed by atoms with Gasteiger partial charge in [0.2, 0.25) is 0 Å². The molecule has 144 valence electrons. The minimum absolute atomic E-state index is 0.117. The van der Waals surface area contributed by atoms with E-state index in [1.807, 2.05) is 18.2 Å². The van der Waals surface area contributed by atoms with E-state index in [2.05, 4.69) is 24.1 Å². The summed E-state index contributed by atoms with van der Waals surface area (Å²) in [7, 11) is 1.28. The van der Waals surface area contributed by atoms with Gasteiger partial charge in [0.1, 0.15) is 5.70 Å². The van der Waals surface area contributed by atoms with E-state index < -0.39 is 5.97 Å². The van der Waals surface area contributed by atoms with Crippen LogP contribution in [0.3, 0.4) is 0 Å². The molecule has 1 aliphatic rings. The molecule has 2 N–H and O–H groups in total. The molecule has 3 rings (SSSR count). The standard InChI is InChI=1S/C18H21N3O4S2/c1-10(2)26-18-20-13-5-4-11(8-14(13)27-18)19-15-12(17(24)25-3)9-21(6-7-22)16(15)23/h4-5,8,10,19,22H,6-7,9H2,1-3H3. The number of nitrogens with zero attached hydrogens (tertiary/aromatic N) is 2. The molecule has 1 aromatic heterocycles. The second-order valence-electron chi connectivity index (χ2n) is 6.25. The number of amides is 1. The summed E-state index contributed by atoms with van der Waals surface area (Å²) in [5.41, 5.74) is 2.05. The molecular formula is C18H21N3O4S2. The second kappa shape index (κ2) is 8.28. The van der Waals surface area contributed by atoms with Crippen LogP contribution in [0.4, 0.5) is 5.69 Å². The van der Waals surface area contributed by atoms with Gasteiger partial charge < -0.3 is 20.1 Å². The third-order valence-corrected chi connectivity index (χ3v) is 6.04. The quantitative estimate of drug-likeness (QED) is 0.538. The van der Waals surface area contributed by atoms with Crippen molar-refractivity contribution in [2.75, 3.05) is 32.1 Å². The Morgan fingerprint density at radius 2 is 2.26 bits per heavy atom. The molecule has 0 saturated carbocycles. The Morgan fingerprint density at radius 1 is 1.48 bits per heavy atom. The Balaban J connectivity index is 1.89. The first-order valence-electron chi connectivity index (χ1n) is 8.48. The average molecular weight is 408 g/mol. The number of anilines is 1. The van der Waals surface area contributed by atoms with Gasteiger partial charge in [0, 0.05) is 17.5 Å². The number of rotatable bonds is 7. The number of carbonyl (C=O) groups is 2. The summed E-state index contributed by atoms with van der Waals surface area (Å²) in [6, 6.07) is 5.64. The Labute approximate surface area is 165 Å². The SMILES string of the molecule is COC(=O)C1=C(Nc2ccc3nc(SC(C)C)sc3c2)C(=O)N(CCO)C1. The summed E-state index contributed by atoms with van der Waals surface area (Å²) >= 11 is 3.30. The topological polar surface area (TPSA) is 91.8 Å². The molecule has 9 heteroatoms. The maximum absolute atomic E-state index is 12.6. The number of aromatic nitrogens is 1. The minimum Gasteiger partial charge on any atom is -0.466 e. The molecular weight excluding hydrogens is 386 g/mol. The minimum atomic E-state index is -0.555. The number of hydrogen-bond acceptors (Lipinski definition) is 8. The molecule has 0 unspecified atom stereocenters. The molecule has 1 aliphatic heterocycles. The van der Waals surface area contributed by atoms with Crippen LogP contribution in [-0.4, -0.2) is 58.9 Å². The normalized spacial score (nSPS) is 14.6. The molecule has 0 aliphatic carbocycles. The fraction of sp³-hybridized carbons (Fsp3) is 0.389. The van der Waals surface area contributed by atoms with Gasteiger partial charge in [0.15, 0.2) is 4.34 Å². The molecule has 2 heterocycles. The van der Waals surface area contributed by atoms with Gasteiger partial charge in [-0.05, 0) is 18.2 Å². The van der Waals surface area contributed by atoms with Gasteiger partial charge in [0.05, 0.1) is 36.1 Å². The van der Waals surface area contributed by atoms with Crippen molar-refractivity contribution in [1.29, 1.82) is 0 Å². The van der Waals surface area contributed by atoms with Crippen LogP contribution >= 0.6 is 23.1 Å². The lowest BCUT2D eigenvalue weighted by Crippen LogP contribution is -2.31. The van der Waals surface area contributed by atoms with Gasteiger partial charge in [-0.2, -0.15) is 0 Å². The van der Waals surface area contributed by atoms with E-state index >= 15 is 0 Å². The lowest BCUT2D eigenvalue weighted by molar-refractivity contribution is -0.136. The summed E-state index contributed by atoms with van der Waals surface area (Å²) in [6.45, 7) is 4.35. The van der Waals surface area contributed by atoms with Crippen molar-refractivity contribution in [2.24, 2.45) is 0 Å². The number of β-amino-alcohol motifs (C(OH)–C–C–N with tert-alkyl or cyclic N) is 1. The van der Waals surface area contributed by atoms with Gasteiger partial charge in [-0.1, -0.05) is 25.6 Å². The highest BCUT2D eigenvalue weighted by atomic mass is 32.2. The summed E-state index contributed by atoms with van der Waals surface area (Å²) in [5, 5.41) is 12.6. The number of aliphatic hydroxyl groups is 1. The molecule has 0 atom stereocenters. The van der Waals surface area contributed by atoms with Crippen molar-refractivity contribution in [1.82, 2.24) is 9.88 Å². The molecule has 27 heavy (non-hydrogen) atoms. The van der Waals surface area contributed by atoms with Crippen molar-refractivity contribution >= 4 is 50.9 Å². The zero-order valence-electron chi connectivity index (χ0n) is 15.3. The van der Waals surface area contributed by atoms with Crippen LogP contribution in [0.25, 0.3) is 10.2 Å². The van der Waals surface area contributed by atoms with Crippen molar-refractivity contribution in [3.8, 4) is 0 Å². The maximum atomic E-state index is 12.6. The smallest absolute Gasteiger partial charge is 0.337 e. The number of thiazole rings is 1. The number of fused-ring (bicyclic) bond motifs is 1. The van der Waals surface area contributed by atoms with Crippen LogP contribution in [-0.2, 0) is 14.3 Å². The van der Waals surface area contributed by atoms with Crippen LogP contribution in [0.5, 0.6) is 0 Å². The number of methoxy groups -OCH3 is 1. The van der Waals surface area contributed by atoms with Gasteiger partial charge in [-0.3, -0.25) is 4.79 Å². The molecule has 0 spiro atoms. The number of nitrogens with one attached hydrogen (secondary N) is 1. The number of esters is 1. The largest absolute Gasteiger partial charge is 0.466 e. The third kappa shape index (κ3) is 4.26. The van der Waals surface area contributed by atoms with E-state index in [9.17, 15) is 9.59 Å². The predicted molar refractivity (Wildman–Crippen MR) is 107 cm³/mol. The highest BCUT2D eigenvalue weighted by molar-refractivity contribution is 8.01. The van der Waals surface area contributed by atoms with Gasteiger partial charge in [0.25, 0.3) is 5.91 Å². The Bertz CT molecular complexity index is 907. The zero-order valence-corrected chi connectivity index (χ0v) is 16.9. The molecule has 1 aromatic carbocycles. The average Bonchev–Trinajstić information content (AvgIpc) is 3.15. The van der Waals surface area contributed by atoms with Crippen LogP contribution in [0, 0.1) is 0 Å². The Hall–Kier alpha value is -2.10. The number of thioether (sulfide) groups is 1. The number of hydrogen-bond donors (Lipinski definition) is 2. The lowest BCUT2D eigenvalue weighted by atomic mass is 10.2. The maximum Gasteiger partial charge on any atom is 0.337 e. The molecule has 0 bridgehead atoms. The van der Waals surface area contributed by atoms with Crippen molar-refractivity contribution in [2.45, 2.75) is 23.4 Å². The van der Waals surface area contributed by atoms with E-state index in [1.165, 1.54) is 12.0 Å². The fourth-order valence-electron chi connectivity index (χ4n) is 2.73. The van der Waals surface area contributed by atoms with Crippen molar-refractivity contribution < 1.29 is 19.4 Å². The zero-order chi connectivity index (χ0) is 19.6. The van der Waals surface area contributed by atoms with Gasteiger partial charge >= 0.3 is 5.97 Å². The summed E-state index contributed by atoms with van der Waals surface area (Å²) < 4.78 is 6.80. The fourth-order valence-corrected chi connectivity index (χ4v) is 5.06. The van der Waals surface area contributed by atoms with Gasteiger partial charge in [-0.15, -0.1) is 11.3 Å². The molecule has 7 nitrogen and oxygen atoms in total. The predicted octanol–water partition coefficient (Wildman–Crippen LogP) is 2.47. The number of benzene rings is 1. The van der Waals surface area contributed by atoms with Crippen molar-refractivity contribution in [3.63, 3.8) is 0 Å².